The molecule has 1 N–H and O–H groups in total. The van der Waals surface area contributed by atoms with Crippen LogP contribution < -0.4 is 5.32 Å². The van der Waals surface area contributed by atoms with Gasteiger partial charge < -0.3 is 10.1 Å². The predicted octanol–water partition coefficient (Wildman–Crippen LogP) is 1.78. The van der Waals surface area contributed by atoms with E-state index >= 15 is 0 Å². The van der Waals surface area contributed by atoms with Crippen LogP contribution in [0.5, 0.6) is 0 Å². The summed E-state index contributed by atoms with van der Waals surface area (Å²) in [7, 11) is 0. The Hall–Kier alpha value is -0.940. The van der Waals surface area contributed by atoms with Crippen LogP contribution in [0.1, 0.15) is 11.7 Å². The normalized spacial score (nSPS) is 21.2. The minimum absolute atomic E-state index is 0.0172. The van der Waals surface area contributed by atoms with Crippen molar-refractivity contribution in [2.45, 2.75) is 6.10 Å². The van der Waals surface area contributed by atoms with Gasteiger partial charge in [-0.3, -0.25) is 4.79 Å². The van der Waals surface area contributed by atoms with Crippen molar-refractivity contribution in [2.75, 3.05) is 13.2 Å². The topological polar surface area (TPSA) is 38.3 Å². The lowest BCUT2D eigenvalue weighted by atomic mass is 10.1. The summed E-state index contributed by atoms with van der Waals surface area (Å²) in [6.45, 7) is 0.294. The molecule has 15 heavy (non-hydrogen) atoms. The fourth-order valence-corrected chi connectivity index (χ4v) is 1.84. The van der Waals surface area contributed by atoms with Crippen LogP contribution in [-0.2, 0) is 9.53 Å². The molecule has 1 aliphatic heterocycles. The van der Waals surface area contributed by atoms with Crippen molar-refractivity contribution in [1.82, 2.24) is 5.32 Å². The van der Waals surface area contributed by atoms with Crippen LogP contribution in [0.4, 0.5) is 4.39 Å². The Labute approximate surface area is 94.7 Å². The van der Waals surface area contributed by atoms with Gasteiger partial charge in [-0.15, -0.1) is 0 Å². The number of rotatable bonds is 1. The Kier molecular flexibility index (Phi) is 3.02. The van der Waals surface area contributed by atoms with Gasteiger partial charge in [-0.2, -0.15) is 0 Å². The SMILES string of the molecule is O=C1CO[C@H](c2cccc(Br)c2F)CN1. The number of nitrogens with one attached hydrogen (secondary N) is 1. The van der Waals surface area contributed by atoms with E-state index in [1.165, 1.54) is 0 Å². The first kappa shape index (κ1) is 10.6. The first-order chi connectivity index (χ1) is 7.18. The third kappa shape index (κ3) is 2.18. The molecule has 0 unspecified atom stereocenters. The molecule has 1 amide bonds. The maximum Gasteiger partial charge on any atom is 0.246 e. The highest BCUT2D eigenvalue weighted by molar-refractivity contribution is 9.10. The van der Waals surface area contributed by atoms with Gasteiger partial charge in [-0.1, -0.05) is 12.1 Å². The first-order valence-electron chi connectivity index (χ1n) is 4.50. The Morgan fingerprint density at radius 1 is 1.53 bits per heavy atom. The number of halogens is 2. The zero-order valence-corrected chi connectivity index (χ0v) is 9.38. The zero-order valence-electron chi connectivity index (χ0n) is 7.80. The highest BCUT2D eigenvalue weighted by atomic mass is 79.9. The Bertz CT molecular complexity index is 387. The summed E-state index contributed by atoms with van der Waals surface area (Å²) in [5.74, 6) is -0.500. The van der Waals surface area contributed by atoms with Crippen LogP contribution in [0.15, 0.2) is 22.7 Å². The molecular weight excluding hydrogens is 265 g/mol. The van der Waals surface area contributed by atoms with E-state index in [9.17, 15) is 9.18 Å². The van der Waals surface area contributed by atoms with Gasteiger partial charge in [0.2, 0.25) is 5.91 Å². The Morgan fingerprint density at radius 2 is 2.33 bits per heavy atom. The molecule has 0 bridgehead atoms. The van der Waals surface area contributed by atoms with E-state index in [1.807, 2.05) is 0 Å². The quantitative estimate of drug-likeness (QED) is 0.847. The van der Waals surface area contributed by atoms with E-state index in [2.05, 4.69) is 21.2 Å². The second kappa shape index (κ2) is 4.28. The summed E-state index contributed by atoms with van der Waals surface area (Å²) in [5.41, 5.74) is 0.462. The molecule has 1 atom stereocenters. The van der Waals surface area contributed by atoms with Gasteiger partial charge in [0.1, 0.15) is 18.5 Å². The highest BCUT2D eigenvalue weighted by Gasteiger charge is 2.23. The third-order valence-electron chi connectivity index (χ3n) is 2.23. The van der Waals surface area contributed by atoms with Gasteiger partial charge in [-0.25, -0.2) is 4.39 Å². The van der Waals surface area contributed by atoms with Crippen LogP contribution in [0.25, 0.3) is 0 Å². The van der Waals surface area contributed by atoms with Gasteiger partial charge in [0.25, 0.3) is 0 Å². The molecule has 1 fully saturated rings. The number of carbonyl (C=O) groups excluding carboxylic acids is 1. The van der Waals surface area contributed by atoms with Crippen LogP contribution in [0.3, 0.4) is 0 Å². The maximum atomic E-state index is 13.6. The molecule has 5 heteroatoms. The fraction of sp³-hybridized carbons (Fsp3) is 0.300. The van der Waals surface area contributed by atoms with Crippen molar-refractivity contribution < 1.29 is 13.9 Å². The Balaban J connectivity index is 2.22. The summed E-state index contributed by atoms with van der Waals surface area (Å²) in [5, 5.41) is 2.63. The lowest BCUT2D eigenvalue weighted by Crippen LogP contribution is -2.38. The van der Waals surface area contributed by atoms with E-state index < -0.39 is 6.10 Å². The largest absolute Gasteiger partial charge is 0.362 e. The van der Waals surface area contributed by atoms with Crippen LogP contribution in [0, 0.1) is 5.82 Å². The maximum absolute atomic E-state index is 13.6. The average molecular weight is 274 g/mol. The molecule has 0 spiro atoms. The van der Waals surface area contributed by atoms with E-state index in [1.54, 1.807) is 18.2 Å². The van der Waals surface area contributed by atoms with E-state index in [0.29, 0.717) is 16.6 Å². The summed E-state index contributed by atoms with van der Waals surface area (Å²) in [6.07, 6.45) is -0.403. The highest BCUT2D eigenvalue weighted by Crippen LogP contribution is 2.26. The van der Waals surface area contributed by atoms with Crippen molar-refractivity contribution in [1.29, 1.82) is 0 Å². The third-order valence-corrected chi connectivity index (χ3v) is 2.84. The van der Waals surface area contributed by atoms with Crippen LogP contribution >= 0.6 is 15.9 Å². The molecule has 1 aliphatic rings. The summed E-state index contributed by atoms with van der Waals surface area (Å²) in [4.78, 5) is 10.9. The number of amides is 1. The minimum atomic E-state index is -0.403. The number of hydrogen-bond donors (Lipinski definition) is 1. The molecule has 0 saturated carbocycles. The number of ether oxygens (including phenoxy) is 1. The number of benzene rings is 1. The van der Waals surface area contributed by atoms with E-state index in [0.717, 1.165) is 0 Å². The number of hydrogen-bond acceptors (Lipinski definition) is 2. The second-order valence-corrected chi connectivity index (χ2v) is 4.10. The summed E-state index contributed by atoms with van der Waals surface area (Å²) < 4.78 is 19.3. The molecule has 1 saturated heterocycles. The minimum Gasteiger partial charge on any atom is -0.362 e. The monoisotopic (exact) mass is 273 g/mol. The molecule has 3 nitrogen and oxygen atoms in total. The molecule has 80 valence electrons. The first-order valence-corrected chi connectivity index (χ1v) is 5.30. The molecular formula is C10H9BrFNO2. The van der Waals surface area contributed by atoms with Gasteiger partial charge in [-0.05, 0) is 22.0 Å². The van der Waals surface area contributed by atoms with Gasteiger partial charge in [0.15, 0.2) is 0 Å². The molecule has 2 rings (SSSR count). The van der Waals surface area contributed by atoms with Crippen LogP contribution in [-0.4, -0.2) is 19.1 Å². The fourth-order valence-electron chi connectivity index (χ4n) is 1.46. The number of carbonyl (C=O) groups is 1. The molecule has 0 aromatic heterocycles. The smallest absolute Gasteiger partial charge is 0.246 e. The zero-order chi connectivity index (χ0) is 10.8. The van der Waals surface area contributed by atoms with Gasteiger partial charge in [0, 0.05) is 12.1 Å². The summed E-state index contributed by atoms with van der Waals surface area (Å²) >= 11 is 3.11. The predicted molar refractivity (Wildman–Crippen MR) is 55.8 cm³/mol. The molecule has 0 aliphatic carbocycles. The Morgan fingerprint density at radius 3 is 3.00 bits per heavy atom. The average Bonchev–Trinajstić information content (AvgIpc) is 2.24. The van der Waals surface area contributed by atoms with Crippen molar-refractivity contribution in [3.8, 4) is 0 Å². The van der Waals surface area contributed by atoms with Crippen molar-refractivity contribution in [3.05, 3.63) is 34.1 Å². The van der Waals surface area contributed by atoms with E-state index in [4.69, 9.17) is 4.74 Å². The van der Waals surface area contributed by atoms with Gasteiger partial charge >= 0.3 is 0 Å². The lowest BCUT2D eigenvalue weighted by Gasteiger charge is -2.23. The van der Waals surface area contributed by atoms with Crippen molar-refractivity contribution >= 4 is 21.8 Å². The number of morpholine rings is 1. The molecule has 0 radical (unpaired) electrons. The van der Waals surface area contributed by atoms with Gasteiger partial charge in [0.05, 0.1) is 4.47 Å². The lowest BCUT2D eigenvalue weighted by molar-refractivity contribution is -0.133. The molecule has 1 aromatic carbocycles. The standard InChI is InChI=1S/C10H9BrFNO2/c11-7-3-1-2-6(10(7)12)8-4-13-9(14)5-15-8/h1-3,8H,4-5H2,(H,13,14)/t8-/m0/s1. The molecule has 1 heterocycles. The summed E-state index contributed by atoms with van der Waals surface area (Å²) in [6, 6.07) is 5.02. The van der Waals surface area contributed by atoms with E-state index in [-0.39, 0.29) is 18.3 Å². The molecule has 1 aromatic rings. The van der Waals surface area contributed by atoms with Crippen molar-refractivity contribution in [2.24, 2.45) is 0 Å². The second-order valence-electron chi connectivity index (χ2n) is 3.25. The van der Waals surface area contributed by atoms with Crippen molar-refractivity contribution in [3.63, 3.8) is 0 Å². The van der Waals surface area contributed by atoms with Crippen LogP contribution in [0.2, 0.25) is 0 Å².